The second-order valence-electron chi connectivity index (χ2n) is 3.40. The molecule has 5 heteroatoms. The Morgan fingerprint density at radius 2 is 2.06 bits per heavy atom. The maximum Gasteiger partial charge on any atom is 0.338 e. The van der Waals surface area contributed by atoms with Crippen LogP contribution in [-0.2, 0) is 20.5 Å². The molecule has 0 saturated heterocycles. The minimum Gasteiger partial charge on any atom is -0.464 e. The number of esters is 1. The van der Waals surface area contributed by atoms with Gasteiger partial charge in [-0.25, -0.2) is 4.79 Å². The summed E-state index contributed by atoms with van der Waals surface area (Å²) in [5.74, 6) is -0.643. The highest BCUT2D eigenvalue weighted by Crippen LogP contribution is 2.23. The van der Waals surface area contributed by atoms with E-state index in [9.17, 15) is 9.36 Å². The van der Waals surface area contributed by atoms with E-state index in [1.54, 1.807) is 6.92 Å². The van der Waals surface area contributed by atoms with Crippen LogP contribution in [-0.4, -0.2) is 17.9 Å². The van der Waals surface area contributed by atoms with Crippen LogP contribution in [0.4, 0.5) is 0 Å². The zero-order chi connectivity index (χ0) is 12.0. The van der Waals surface area contributed by atoms with E-state index in [1.165, 1.54) is 0 Å². The summed E-state index contributed by atoms with van der Waals surface area (Å²) in [6.07, 6.45) is 0.192. The third-order valence-corrected chi connectivity index (χ3v) is 2.77. The fourth-order valence-corrected chi connectivity index (χ4v) is 1.69. The number of hydrogen-bond donors (Lipinski definition) is 1. The first-order valence-electron chi connectivity index (χ1n) is 4.97. The van der Waals surface area contributed by atoms with Crippen LogP contribution in [0.25, 0.3) is 0 Å². The first kappa shape index (κ1) is 12.8. The molecule has 1 atom stereocenters. The Kier molecular flexibility index (Phi) is 4.59. The molecule has 16 heavy (non-hydrogen) atoms. The molecule has 1 aromatic carbocycles. The molecule has 0 radical (unpaired) electrons. The van der Waals surface area contributed by atoms with Crippen LogP contribution < -0.4 is 5.73 Å². The smallest absolute Gasteiger partial charge is 0.338 e. The fraction of sp³-hybridized carbons (Fsp3) is 0.364. The lowest BCUT2D eigenvalue weighted by Gasteiger charge is -2.19. The highest BCUT2D eigenvalue weighted by Gasteiger charge is 2.37. The monoisotopic (exact) mass is 239 g/mol. The molecule has 1 aromatic rings. The number of rotatable bonds is 5. The molecule has 0 fully saturated rings. The summed E-state index contributed by atoms with van der Waals surface area (Å²) in [6.45, 7) is 1.91. The van der Waals surface area contributed by atoms with Gasteiger partial charge in [0, 0.05) is 6.42 Å². The van der Waals surface area contributed by atoms with Gasteiger partial charge in [0.2, 0.25) is 0 Å². The molecule has 0 bridgehead atoms. The zero-order valence-corrected chi connectivity index (χ0v) is 9.94. The molecule has 1 rings (SSSR count). The number of carbonyl (C=O) groups is 1. The minimum atomic E-state index is -1.49. The summed E-state index contributed by atoms with van der Waals surface area (Å²) < 4.78 is 15.8. The van der Waals surface area contributed by atoms with Crippen molar-refractivity contribution in [2.75, 3.05) is 6.61 Å². The highest BCUT2D eigenvalue weighted by atomic mass is 31.1. The molecule has 2 N–H and O–H groups in total. The maximum atomic E-state index is 11.5. The molecule has 0 saturated carbocycles. The first-order valence-corrected chi connectivity index (χ1v) is 5.78. The molecule has 1 unspecified atom stereocenters. The predicted molar refractivity (Wildman–Crippen MR) is 61.3 cm³/mol. The molecule has 0 aliphatic rings. The van der Waals surface area contributed by atoms with E-state index in [2.05, 4.69) is 0 Å². The van der Waals surface area contributed by atoms with E-state index in [4.69, 9.17) is 10.5 Å². The lowest BCUT2D eigenvalue weighted by molar-refractivity contribution is -0.146. The number of carbonyl (C=O) groups excluding carboxylic acids is 1. The lowest BCUT2D eigenvalue weighted by Crippen LogP contribution is -2.45. The van der Waals surface area contributed by atoms with E-state index in [-0.39, 0.29) is 13.0 Å². The van der Waals surface area contributed by atoms with Crippen molar-refractivity contribution in [2.24, 2.45) is 5.73 Å². The zero-order valence-electron chi connectivity index (χ0n) is 9.05. The minimum absolute atomic E-state index is 0.192. The van der Waals surface area contributed by atoms with E-state index in [1.807, 2.05) is 30.3 Å². The van der Waals surface area contributed by atoms with Crippen molar-refractivity contribution < 1.29 is 14.1 Å². The lowest BCUT2D eigenvalue weighted by atomic mass is 10.1. The summed E-state index contributed by atoms with van der Waals surface area (Å²) in [6, 6.07) is 9.18. The van der Waals surface area contributed by atoms with Crippen LogP contribution >= 0.6 is 8.46 Å². The van der Waals surface area contributed by atoms with Gasteiger partial charge in [-0.15, -0.1) is 0 Å². The van der Waals surface area contributed by atoms with Crippen LogP contribution in [0, 0.1) is 0 Å². The number of nitrogens with two attached hydrogens (primary N) is 1. The fourth-order valence-electron chi connectivity index (χ4n) is 1.30. The second-order valence-corrected chi connectivity index (χ2v) is 4.38. The van der Waals surface area contributed by atoms with Crippen molar-refractivity contribution >= 4 is 14.4 Å². The average molecular weight is 239 g/mol. The van der Waals surface area contributed by atoms with Crippen LogP contribution in [0.15, 0.2) is 30.3 Å². The SMILES string of the molecule is CCOC(=O)C(N)(Cc1ccccc1)P=O. The van der Waals surface area contributed by atoms with Gasteiger partial charge in [-0.1, -0.05) is 30.3 Å². The quantitative estimate of drug-likeness (QED) is 0.627. The van der Waals surface area contributed by atoms with Crippen LogP contribution in [0.2, 0.25) is 0 Å². The van der Waals surface area contributed by atoms with Crippen LogP contribution in [0.1, 0.15) is 12.5 Å². The Bertz CT molecular complexity index is 369. The Labute approximate surface area is 96.0 Å². The van der Waals surface area contributed by atoms with Crippen molar-refractivity contribution in [1.82, 2.24) is 0 Å². The second kappa shape index (κ2) is 5.73. The van der Waals surface area contributed by atoms with Crippen molar-refractivity contribution in [2.45, 2.75) is 18.6 Å². The molecule has 0 aromatic heterocycles. The topological polar surface area (TPSA) is 69.4 Å². The van der Waals surface area contributed by atoms with E-state index in [0.717, 1.165) is 5.56 Å². The third kappa shape index (κ3) is 3.12. The average Bonchev–Trinajstić information content (AvgIpc) is 2.30. The Morgan fingerprint density at radius 3 is 2.56 bits per heavy atom. The predicted octanol–water partition coefficient (Wildman–Crippen LogP) is 1.74. The van der Waals surface area contributed by atoms with Gasteiger partial charge in [0.05, 0.1) is 6.61 Å². The Balaban J connectivity index is 2.82. The van der Waals surface area contributed by atoms with Gasteiger partial charge in [-0.3, -0.25) is 4.57 Å². The molecule has 0 spiro atoms. The van der Waals surface area contributed by atoms with E-state index >= 15 is 0 Å². The van der Waals surface area contributed by atoms with Gasteiger partial charge in [0.15, 0.2) is 13.7 Å². The molecular weight excluding hydrogens is 225 g/mol. The van der Waals surface area contributed by atoms with Crippen LogP contribution in [0.5, 0.6) is 0 Å². The van der Waals surface area contributed by atoms with Crippen molar-refractivity contribution in [1.29, 1.82) is 0 Å². The molecule has 0 amide bonds. The molecule has 0 aliphatic heterocycles. The molecule has 86 valence electrons. The van der Waals surface area contributed by atoms with Gasteiger partial charge in [-0.2, -0.15) is 0 Å². The largest absolute Gasteiger partial charge is 0.464 e. The van der Waals surface area contributed by atoms with Crippen LogP contribution in [0.3, 0.4) is 0 Å². The van der Waals surface area contributed by atoms with Gasteiger partial charge in [-0.05, 0) is 12.5 Å². The summed E-state index contributed by atoms with van der Waals surface area (Å²) in [4.78, 5) is 11.5. The molecular formula is C11H14NO3P. The van der Waals surface area contributed by atoms with Gasteiger partial charge < -0.3 is 10.5 Å². The number of benzene rings is 1. The molecule has 4 nitrogen and oxygen atoms in total. The van der Waals surface area contributed by atoms with Gasteiger partial charge in [0.1, 0.15) is 0 Å². The van der Waals surface area contributed by atoms with E-state index in [0.29, 0.717) is 0 Å². The first-order chi connectivity index (χ1) is 7.62. The standard InChI is InChI=1S/C11H14NO3P/c1-2-15-10(13)11(12,16-14)8-9-6-4-3-5-7-9/h3-7H,2,8,12H2,1H3. The molecule has 0 heterocycles. The number of hydrogen-bond acceptors (Lipinski definition) is 4. The van der Waals surface area contributed by atoms with Crippen molar-refractivity contribution in [3.63, 3.8) is 0 Å². The highest BCUT2D eigenvalue weighted by molar-refractivity contribution is 7.27. The van der Waals surface area contributed by atoms with Crippen molar-refractivity contribution in [3.8, 4) is 0 Å². The summed E-state index contributed by atoms with van der Waals surface area (Å²) >= 11 is 0. The Morgan fingerprint density at radius 1 is 1.44 bits per heavy atom. The maximum absolute atomic E-state index is 11.5. The van der Waals surface area contributed by atoms with E-state index < -0.39 is 19.7 Å². The molecule has 0 aliphatic carbocycles. The van der Waals surface area contributed by atoms with Crippen molar-refractivity contribution in [3.05, 3.63) is 35.9 Å². The summed E-state index contributed by atoms with van der Waals surface area (Å²) in [5.41, 5.74) is 6.61. The third-order valence-electron chi connectivity index (χ3n) is 2.11. The van der Waals surface area contributed by atoms with Gasteiger partial charge in [0.25, 0.3) is 0 Å². The Hall–Kier alpha value is -1.25. The number of ether oxygens (including phenoxy) is 1. The normalized spacial score (nSPS) is 14.4. The summed E-state index contributed by atoms with van der Waals surface area (Å²) in [7, 11) is -0.430. The van der Waals surface area contributed by atoms with Gasteiger partial charge >= 0.3 is 5.97 Å². The summed E-state index contributed by atoms with van der Waals surface area (Å²) in [5, 5.41) is -1.49.